The summed E-state index contributed by atoms with van der Waals surface area (Å²) in [4.78, 5) is 49.4. The summed E-state index contributed by atoms with van der Waals surface area (Å²) in [5.74, 6) is -1.85. The van der Waals surface area contributed by atoms with Gasteiger partial charge < -0.3 is 33.5 Å². The zero-order valence-electron chi connectivity index (χ0n) is 23.8. The maximum absolute atomic E-state index is 12.7. The number of carbonyl (C=O) groups excluding carboxylic acids is 3. The van der Waals surface area contributed by atoms with Gasteiger partial charge in [-0.1, -0.05) is 33.8 Å². The van der Waals surface area contributed by atoms with Gasteiger partial charge in [0.2, 0.25) is 0 Å². The van der Waals surface area contributed by atoms with Crippen molar-refractivity contribution in [2.45, 2.75) is 97.9 Å². The van der Waals surface area contributed by atoms with Gasteiger partial charge in [0.25, 0.3) is 5.72 Å². The van der Waals surface area contributed by atoms with E-state index in [-0.39, 0.29) is 36.3 Å². The quantitative estimate of drug-likeness (QED) is 0.120. The molecule has 1 aromatic rings. The Morgan fingerprint density at radius 3 is 1.92 bits per heavy atom. The molecule has 2 N–H and O–H groups in total. The number of benzene rings is 1. The summed E-state index contributed by atoms with van der Waals surface area (Å²) in [5, 5.41) is 13.1. The van der Waals surface area contributed by atoms with E-state index in [0.717, 1.165) is 0 Å². The van der Waals surface area contributed by atoms with Gasteiger partial charge in [-0.2, -0.15) is 0 Å². The van der Waals surface area contributed by atoms with Crippen LogP contribution in [0.4, 0.5) is 14.4 Å². The minimum absolute atomic E-state index is 0.0955. The zero-order valence-corrected chi connectivity index (χ0v) is 23.8. The zero-order chi connectivity index (χ0) is 29.6. The number of hydrogen-bond acceptors (Lipinski definition) is 11. The van der Waals surface area contributed by atoms with Gasteiger partial charge in [0.05, 0.1) is 13.2 Å². The third-order valence-corrected chi connectivity index (χ3v) is 5.60. The van der Waals surface area contributed by atoms with Crippen molar-refractivity contribution in [3.8, 4) is 11.5 Å². The lowest BCUT2D eigenvalue weighted by Gasteiger charge is -2.34. The summed E-state index contributed by atoms with van der Waals surface area (Å²) in [6.07, 6.45) is -1.51. The van der Waals surface area contributed by atoms with Crippen molar-refractivity contribution >= 4 is 24.4 Å². The maximum Gasteiger partial charge on any atom is 0.513 e. The Balaban J connectivity index is 3.44. The van der Waals surface area contributed by atoms with Crippen LogP contribution in [0.5, 0.6) is 11.5 Å². The first-order chi connectivity index (χ1) is 18.3. The van der Waals surface area contributed by atoms with Gasteiger partial charge in [-0.3, -0.25) is 5.32 Å². The molecule has 12 nitrogen and oxygen atoms in total. The first-order valence-electron chi connectivity index (χ1n) is 13.1. The summed E-state index contributed by atoms with van der Waals surface area (Å²) >= 11 is 0. The predicted octanol–water partition coefficient (Wildman–Crippen LogP) is 5.59. The number of carboxylic acids is 1. The average Bonchev–Trinajstić information content (AvgIpc) is 2.86. The second-order valence-corrected chi connectivity index (χ2v) is 9.51. The Bertz CT molecular complexity index is 978. The molecule has 1 aromatic carbocycles. The lowest BCUT2D eigenvalue weighted by molar-refractivity contribution is -0.169. The van der Waals surface area contributed by atoms with E-state index in [4.69, 9.17) is 28.4 Å². The van der Waals surface area contributed by atoms with Crippen LogP contribution < -0.4 is 14.8 Å². The van der Waals surface area contributed by atoms with Crippen LogP contribution in [0.1, 0.15) is 79.7 Å². The highest BCUT2D eigenvalue weighted by Crippen LogP contribution is 2.32. The van der Waals surface area contributed by atoms with E-state index in [2.05, 4.69) is 5.32 Å². The summed E-state index contributed by atoms with van der Waals surface area (Å²) < 4.78 is 31.0. The number of nitrogens with one attached hydrogen (secondary N) is 1. The molecule has 0 saturated heterocycles. The number of aliphatic carboxylic acids is 1. The molecule has 0 aliphatic rings. The van der Waals surface area contributed by atoms with Crippen LogP contribution in [0.25, 0.3) is 0 Å². The molecule has 0 bridgehead atoms. The van der Waals surface area contributed by atoms with Crippen molar-refractivity contribution in [1.82, 2.24) is 5.32 Å². The van der Waals surface area contributed by atoms with Crippen LogP contribution in [0, 0.1) is 0 Å². The first-order valence-corrected chi connectivity index (χ1v) is 13.1. The molecule has 0 aliphatic carbocycles. The van der Waals surface area contributed by atoms with E-state index >= 15 is 0 Å². The molecule has 2 atom stereocenters. The molecule has 220 valence electrons. The molecule has 1 rings (SSSR count). The van der Waals surface area contributed by atoms with Gasteiger partial charge in [0, 0.05) is 12.5 Å². The molecule has 0 heterocycles. The van der Waals surface area contributed by atoms with Crippen LogP contribution >= 0.6 is 0 Å². The van der Waals surface area contributed by atoms with Gasteiger partial charge in [-0.05, 0) is 64.2 Å². The van der Waals surface area contributed by atoms with Gasteiger partial charge in [-0.15, -0.1) is 0 Å². The van der Waals surface area contributed by atoms with Crippen LogP contribution in [-0.2, 0) is 30.2 Å². The molecule has 0 aliphatic heterocycles. The molecular formula is C27H41NO11. The average molecular weight is 556 g/mol. The molecule has 0 radical (unpaired) electrons. The molecule has 0 aromatic heterocycles. The summed E-state index contributed by atoms with van der Waals surface area (Å²) in [5.41, 5.74) is -2.86. The van der Waals surface area contributed by atoms with E-state index < -0.39 is 42.2 Å². The topological polar surface area (TPSA) is 156 Å². The normalized spacial score (nSPS) is 13.4. The van der Waals surface area contributed by atoms with E-state index in [9.17, 15) is 24.3 Å². The minimum atomic E-state index is -2.24. The highest BCUT2D eigenvalue weighted by molar-refractivity contribution is 5.80. The summed E-state index contributed by atoms with van der Waals surface area (Å²) in [6.45, 7) is 12.5. The van der Waals surface area contributed by atoms with Crippen LogP contribution in [0.2, 0.25) is 0 Å². The predicted molar refractivity (Wildman–Crippen MR) is 140 cm³/mol. The number of carboxylic acid groups (broad SMARTS) is 1. The standard InChI is InChI=1S/C27H41NO11/c1-8-14-34-23(31)36-20-13-12-19(16-21(20)37-24(32)35-15-9-2)17-27(22(29)30,28-18(5)10-3)39-25(33)38-26(6,7)11-4/h12-13,16,18,28H,8-11,14-15,17H2,1-7H3,(H,29,30)/t18?,27-/m0/s1. The largest absolute Gasteiger partial charge is 0.513 e. The highest BCUT2D eigenvalue weighted by Gasteiger charge is 2.45. The second kappa shape index (κ2) is 15.8. The minimum Gasteiger partial charge on any atom is -0.477 e. The van der Waals surface area contributed by atoms with Crippen molar-refractivity contribution in [2.24, 2.45) is 0 Å². The van der Waals surface area contributed by atoms with E-state index in [1.165, 1.54) is 18.2 Å². The molecular weight excluding hydrogens is 514 g/mol. The lowest BCUT2D eigenvalue weighted by Crippen LogP contribution is -2.60. The monoisotopic (exact) mass is 555 g/mol. The second-order valence-electron chi connectivity index (χ2n) is 9.51. The van der Waals surface area contributed by atoms with Crippen molar-refractivity contribution in [3.63, 3.8) is 0 Å². The molecule has 0 amide bonds. The van der Waals surface area contributed by atoms with Crippen molar-refractivity contribution in [3.05, 3.63) is 23.8 Å². The SMILES string of the molecule is CCCOC(=O)Oc1ccc(C[C@](NC(C)CC)(OC(=O)OC(C)(C)CC)C(=O)O)cc1OC(=O)OCCC. The van der Waals surface area contributed by atoms with Gasteiger partial charge >= 0.3 is 24.4 Å². The first kappa shape index (κ1) is 33.5. The maximum atomic E-state index is 12.7. The van der Waals surface area contributed by atoms with Crippen LogP contribution in [0.3, 0.4) is 0 Å². The lowest BCUT2D eigenvalue weighted by atomic mass is 10.00. The summed E-state index contributed by atoms with van der Waals surface area (Å²) in [6, 6.07) is 3.66. The Kier molecular flexibility index (Phi) is 13.5. The van der Waals surface area contributed by atoms with Crippen molar-refractivity contribution < 1.29 is 52.7 Å². The van der Waals surface area contributed by atoms with Crippen LogP contribution in [-0.4, -0.2) is 60.1 Å². The fraction of sp³-hybridized carbons (Fsp3) is 0.630. The third-order valence-electron chi connectivity index (χ3n) is 5.60. The highest BCUT2D eigenvalue weighted by atomic mass is 16.8. The van der Waals surface area contributed by atoms with E-state index in [0.29, 0.717) is 25.7 Å². The smallest absolute Gasteiger partial charge is 0.477 e. The fourth-order valence-corrected chi connectivity index (χ4v) is 2.98. The van der Waals surface area contributed by atoms with E-state index in [1.807, 2.05) is 20.8 Å². The molecule has 0 fully saturated rings. The number of rotatable bonds is 15. The Morgan fingerprint density at radius 2 is 1.44 bits per heavy atom. The molecule has 0 saturated carbocycles. The molecule has 39 heavy (non-hydrogen) atoms. The Labute approximate surface area is 229 Å². The van der Waals surface area contributed by atoms with Gasteiger partial charge in [0.15, 0.2) is 11.5 Å². The van der Waals surface area contributed by atoms with Crippen molar-refractivity contribution in [1.29, 1.82) is 0 Å². The fourth-order valence-electron chi connectivity index (χ4n) is 2.98. The van der Waals surface area contributed by atoms with Crippen LogP contribution in [0.15, 0.2) is 18.2 Å². The number of hydrogen-bond donors (Lipinski definition) is 2. The molecule has 0 spiro atoms. The Hall–Kier alpha value is -3.54. The molecule has 12 heteroatoms. The summed E-state index contributed by atoms with van der Waals surface area (Å²) in [7, 11) is 0. The number of ether oxygens (including phenoxy) is 6. The van der Waals surface area contributed by atoms with E-state index in [1.54, 1.807) is 27.7 Å². The number of carbonyl (C=O) groups is 4. The third kappa shape index (κ3) is 11.4. The van der Waals surface area contributed by atoms with Gasteiger partial charge in [-0.25, -0.2) is 19.2 Å². The Morgan fingerprint density at radius 1 is 0.872 bits per heavy atom. The van der Waals surface area contributed by atoms with Gasteiger partial charge in [0.1, 0.15) is 5.60 Å². The molecule has 1 unspecified atom stereocenters. The van der Waals surface area contributed by atoms with Crippen molar-refractivity contribution in [2.75, 3.05) is 13.2 Å².